The fraction of sp³-hybridized carbons (Fsp3) is 0.188. The van der Waals surface area contributed by atoms with E-state index in [9.17, 15) is 4.79 Å². The lowest BCUT2D eigenvalue weighted by Crippen LogP contribution is -2.30. The van der Waals surface area contributed by atoms with Crippen LogP contribution in [-0.4, -0.2) is 5.91 Å². The maximum Gasteiger partial charge on any atom is 0.246 e. The molecule has 3 rings (SSSR count). The molecule has 0 saturated heterocycles. The van der Waals surface area contributed by atoms with Gasteiger partial charge in [0, 0.05) is 26.2 Å². The lowest BCUT2D eigenvalue weighted by molar-refractivity contribution is -0.117. The average molecular weight is 410 g/mol. The third kappa shape index (κ3) is 2.91. The molecule has 0 fully saturated rings. The van der Waals surface area contributed by atoms with Crippen LogP contribution >= 0.6 is 31.9 Å². The molecule has 1 amide bonds. The van der Waals surface area contributed by atoms with Gasteiger partial charge in [-0.25, -0.2) is 0 Å². The van der Waals surface area contributed by atoms with Crippen LogP contribution in [0.15, 0.2) is 51.4 Å². The quantitative estimate of drug-likeness (QED) is 0.780. The first-order valence-electron chi connectivity index (χ1n) is 6.67. The zero-order valence-electron chi connectivity index (χ0n) is 11.4. The van der Waals surface area contributed by atoms with Crippen molar-refractivity contribution in [2.45, 2.75) is 19.0 Å². The van der Waals surface area contributed by atoms with Gasteiger partial charge in [0.05, 0.1) is 0 Å². The lowest BCUT2D eigenvalue weighted by Gasteiger charge is -2.20. The summed E-state index contributed by atoms with van der Waals surface area (Å²) in [5, 5.41) is 6.32. The van der Waals surface area contributed by atoms with Gasteiger partial charge in [0.15, 0.2) is 0 Å². The van der Waals surface area contributed by atoms with E-state index in [1.165, 1.54) is 0 Å². The Balaban J connectivity index is 1.87. The number of anilines is 1. The second kappa shape index (κ2) is 5.91. The summed E-state index contributed by atoms with van der Waals surface area (Å²) in [7, 11) is 0. The van der Waals surface area contributed by atoms with Gasteiger partial charge < -0.3 is 5.32 Å². The van der Waals surface area contributed by atoms with Gasteiger partial charge >= 0.3 is 0 Å². The summed E-state index contributed by atoms with van der Waals surface area (Å²) < 4.78 is 2.01. The molecule has 5 heteroatoms. The second-order valence-electron chi connectivity index (χ2n) is 5.06. The molecule has 3 nitrogen and oxygen atoms in total. The highest BCUT2D eigenvalue weighted by molar-refractivity contribution is 9.10. The van der Waals surface area contributed by atoms with Crippen LogP contribution in [0.4, 0.5) is 5.69 Å². The van der Waals surface area contributed by atoms with Crippen molar-refractivity contribution >= 4 is 43.5 Å². The van der Waals surface area contributed by atoms with Gasteiger partial charge in [-0.3, -0.25) is 10.1 Å². The van der Waals surface area contributed by atoms with E-state index in [4.69, 9.17) is 0 Å². The van der Waals surface area contributed by atoms with Crippen LogP contribution < -0.4 is 10.6 Å². The highest BCUT2D eigenvalue weighted by Crippen LogP contribution is 2.35. The number of rotatable bonds is 3. The van der Waals surface area contributed by atoms with Crippen molar-refractivity contribution in [3.63, 3.8) is 0 Å². The van der Waals surface area contributed by atoms with Crippen LogP contribution in [0.25, 0.3) is 0 Å². The van der Waals surface area contributed by atoms with Crippen LogP contribution in [0.1, 0.15) is 30.1 Å². The van der Waals surface area contributed by atoms with E-state index < -0.39 is 0 Å². The zero-order valence-corrected chi connectivity index (χ0v) is 14.5. The average Bonchev–Trinajstić information content (AvgIpc) is 2.75. The molecule has 1 aliphatic heterocycles. The van der Waals surface area contributed by atoms with Gasteiger partial charge in [-0.2, -0.15) is 0 Å². The Hall–Kier alpha value is -1.17. The molecule has 108 valence electrons. The van der Waals surface area contributed by atoms with Gasteiger partial charge in [-0.05, 0) is 36.8 Å². The molecule has 2 aromatic rings. The van der Waals surface area contributed by atoms with Crippen molar-refractivity contribution in [2.75, 3.05) is 5.32 Å². The minimum Gasteiger partial charge on any atom is -0.324 e. The molecule has 2 atom stereocenters. The maximum absolute atomic E-state index is 12.2. The number of benzene rings is 2. The molecule has 1 heterocycles. The summed E-state index contributed by atoms with van der Waals surface area (Å²) in [6.45, 7) is 2.06. The zero-order chi connectivity index (χ0) is 15.0. The molecular formula is C16H14Br2N2O. The van der Waals surface area contributed by atoms with Crippen molar-refractivity contribution in [3.05, 3.63) is 62.5 Å². The summed E-state index contributed by atoms with van der Waals surface area (Å²) in [4.78, 5) is 12.2. The Labute approximate surface area is 140 Å². The van der Waals surface area contributed by atoms with Crippen LogP contribution in [0, 0.1) is 0 Å². The van der Waals surface area contributed by atoms with Crippen molar-refractivity contribution in [1.29, 1.82) is 0 Å². The SMILES string of the molecule is CC(NC1C(=O)Nc2ccc(Br)cc21)c1ccccc1Br. The van der Waals surface area contributed by atoms with Crippen molar-refractivity contribution in [1.82, 2.24) is 5.32 Å². The first-order valence-corrected chi connectivity index (χ1v) is 8.25. The number of hydrogen-bond donors (Lipinski definition) is 2. The molecule has 2 N–H and O–H groups in total. The van der Waals surface area contributed by atoms with E-state index >= 15 is 0 Å². The molecule has 0 aliphatic carbocycles. The Morgan fingerprint density at radius 3 is 2.71 bits per heavy atom. The van der Waals surface area contributed by atoms with E-state index in [0.717, 1.165) is 25.8 Å². The topological polar surface area (TPSA) is 41.1 Å². The summed E-state index contributed by atoms with van der Waals surface area (Å²) in [6, 6.07) is 13.6. The number of halogens is 2. The molecule has 2 unspecified atom stereocenters. The lowest BCUT2D eigenvalue weighted by atomic mass is 10.0. The molecule has 1 aliphatic rings. The molecule has 0 saturated carbocycles. The number of nitrogens with one attached hydrogen (secondary N) is 2. The van der Waals surface area contributed by atoms with Crippen LogP contribution in [-0.2, 0) is 4.79 Å². The minimum absolute atomic E-state index is 0.0120. The Morgan fingerprint density at radius 1 is 1.19 bits per heavy atom. The van der Waals surface area contributed by atoms with E-state index in [2.05, 4.69) is 55.5 Å². The fourth-order valence-electron chi connectivity index (χ4n) is 2.56. The Kier molecular flexibility index (Phi) is 4.15. The third-order valence-electron chi connectivity index (χ3n) is 3.63. The third-order valence-corrected chi connectivity index (χ3v) is 4.85. The normalized spacial score (nSPS) is 18.2. The number of amides is 1. The van der Waals surface area contributed by atoms with Gasteiger partial charge in [0.25, 0.3) is 0 Å². The van der Waals surface area contributed by atoms with Gasteiger partial charge in [-0.15, -0.1) is 0 Å². The molecule has 2 aromatic carbocycles. The number of hydrogen-bond acceptors (Lipinski definition) is 2. The standard InChI is InChI=1S/C16H14Br2N2O/c1-9(11-4-2-3-5-13(11)18)19-15-12-8-10(17)6-7-14(12)20-16(15)21/h2-9,15,19H,1H3,(H,20,21). The highest BCUT2D eigenvalue weighted by atomic mass is 79.9. The number of carbonyl (C=O) groups is 1. The number of fused-ring (bicyclic) bond motifs is 1. The van der Waals surface area contributed by atoms with Gasteiger partial charge in [-0.1, -0.05) is 50.1 Å². The maximum atomic E-state index is 12.2. The second-order valence-corrected chi connectivity index (χ2v) is 6.83. The largest absolute Gasteiger partial charge is 0.324 e. The molecule has 0 aromatic heterocycles. The Bertz CT molecular complexity index is 702. The van der Waals surface area contributed by atoms with Crippen LogP contribution in [0.5, 0.6) is 0 Å². The first-order chi connectivity index (χ1) is 10.1. The molecular weight excluding hydrogens is 396 g/mol. The monoisotopic (exact) mass is 408 g/mol. The minimum atomic E-state index is -0.334. The predicted molar refractivity (Wildman–Crippen MR) is 91.2 cm³/mol. The highest BCUT2D eigenvalue weighted by Gasteiger charge is 2.31. The van der Waals surface area contributed by atoms with Crippen LogP contribution in [0.2, 0.25) is 0 Å². The Morgan fingerprint density at radius 2 is 1.95 bits per heavy atom. The van der Waals surface area contributed by atoms with Crippen molar-refractivity contribution < 1.29 is 4.79 Å². The molecule has 0 bridgehead atoms. The van der Waals surface area contributed by atoms with E-state index in [1.54, 1.807) is 0 Å². The fourth-order valence-corrected chi connectivity index (χ4v) is 3.57. The van der Waals surface area contributed by atoms with Crippen molar-refractivity contribution in [3.8, 4) is 0 Å². The summed E-state index contributed by atoms with van der Waals surface area (Å²) in [5.74, 6) is -0.0120. The smallest absolute Gasteiger partial charge is 0.246 e. The summed E-state index contributed by atoms with van der Waals surface area (Å²) in [6.07, 6.45) is 0. The molecule has 21 heavy (non-hydrogen) atoms. The van der Waals surface area contributed by atoms with E-state index in [0.29, 0.717) is 0 Å². The summed E-state index contributed by atoms with van der Waals surface area (Å²) in [5.41, 5.74) is 2.99. The molecule has 0 radical (unpaired) electrons. The van der Waals surface area contributed by atoms with Gasteiger partial charge in [0.2, 0.25) is 5.91 Å². The predicted octanol–water partition coefficient (Wildman–Crippen LogP) is 4.56. The van der Waals surface area contributed by atoms with Gasteiger partial charge in [0.1, 0.15) is 6.04 Å². The number of carbonyl (C=O) groups excluding carboxylic acids is 1. The summed E-state index contributed by atoms with van der Waals surface area (Å²) >= 11 is 7.02. The van der Waals surface area contributed by atoms with E-state index in [-0.39, 0.29) is 18.0 Å². The van der Waals surface area contributed by atoms with Crippen LogP contribution in [0.3, 0.4) is 0 Å². The molecule has 0 spiro atoms. The van der Waals surface area contributed by atoms with E-state index in [1.807, 2.05) is 36.4 Å². The van der Waals surface area contributed by atoms with Crippen molar-refractivity contribution in [2.24, 2.45) is 0 Å². The first kappa shape index (κ1) is 14.8.